The summed E-state index contributed by atoms with van der Waals surface area (Å²) < 4.78 is 0. The zero-order chi connectivity index (χ0) is 24.1. The molecule has 0 unspecified atom stereocenters. The molecule has 31 heavy (non-hydrogen) atoms. The van der Waals surface area contributed by atoms with Crippen molar-refractivity contribution in [3.63, 3.8) is 0 Å². The van der Waals surface area contributed by atoms with Crippen LogP contribution in [0.2, 0.25) is 0 Å². The summed E-state index contributed by atoms with van der Waals surface area (Å²) in [5.41, 5.74) is 10.7. The molecule has 0 aromatic rings. The fourth-order valence-electron chi connectivity index (χ4n) is 2.55. The molecule has 0 aromatic carbocycles. The molecule has 0 bridgehead atoms. The molecule has 0 rings (SSSR count). The van der Waals surface area contributed by atoms with E-state index in [1.165, 1.54) is 18.7 Å². The van der Waals surface area contributed by atoms with E-state index >= 15 is 0 Å². The van der Waals surface area contributed by atoms with Crippen LogP contribution in [-0.2, 0) is 24.0 Å². The van der Waals surface area contributed by atoms with Gasteiger partial charge in [0.25, 0.3) is 0 Å². The third-order valence-corrected chi connectivity index (χ3v) is 5.45. The van der Waals surface area contributed by atoms with Crippen LogP contribution in [0.25, 0.3) is 0 Å². The summed E-state index contributed by atoms with van der Waals surface area (Å²) in [4.78, 5) is 59.5. The lowest BCUT2D eigenvalue weighted by Gasteiger charge is -2.25. The van der Waals surface area contributed by atoms with Crippen molar-refractivity contribution in [3.05, 3.63) is 0 Å². The molecule has 0 spiro atoms. The Balaban J connectivity index is 5.06. The average molecular weight is 462 g/mol. The summed E-state index contributed by atoms with van der Waals surface area (Å²) >= 11 is 1.47. The highest BCUT2D eigenvalue weighted by Gasteiger charge is 2.30. The number of amides is 4. The van der Waals surface area contributed by atoms with Gasteiger partial charge >= 0.3 is 5.97 Å². The normalized spacial score (nSPS) is 15.6. The van der Waals surface area contributed by atoms with Crippen LogP contribution in [0.3, 0.4) is 0 Å². The van der Waals surface area contributed by atoms with Crippen LogP contribution in [-0.4, -0.2) is 70.9 Å². The van der Waals surface area contributed by atoms with Gasteiger partial charge in [-0.2, -0.15) is 11.8 Å². The van der Waals surface area contributed by atoms with Crippen molar-refractivity contribution in [2.24, 2.45) is 17.4 Å². The molecule has 12 heteroatoms. The van der Waals surface area contributed by atoms with Gasteiger partial charge in [-0.3, -0.25) is 19.2 Å². The number of hydrogen-bond acceptors (Lipinski definition) is 7. The highest BCUT2D eigenvalue weighted by Crippen LogP contribution is 2.09. The van der Waals surface area contributed by atoms with E-state index in [0.717, 1.165) is 0 Å². The van der Waals surface area contributed by atoms with Crippen molar-refractivity contribution in [3.8, 4) is 0 Å². The van der Waals surface area contributed by atoms with Crippen LogP contribution in [0.15, 0.2) is 0 Å². The van der Waals surface area contributed by atoms with Gasteiger partial charge in [0.15, 0.2) is 0 Å². The first-order valence-electron chi connectivity index (χ1n) is 10.1. The van der Waals surface area contributed by atoms with Gasteiger partial charge in [-0.25, -0.2) is 4.79 Å². The minimum atomic E-state index is -1.15. The predicted molar refractivity (Wildman–Crippen MR) is 118 cm³/mol. The minimum absolute atomic E-state index is 0.0421. The Bertz CT molecular complexity index is 647. The lowest BCUT2D eigenvalue weighted by Crippen LogP contribution is -2.57. The molecule has 0 aliphatic rings. The van der Waals surface area contributed by atoms with Gasteiger partial charge in [0, 0.05) is 6.42 Å². The maximum absolute atomic E-state index is 12.7. The summed E-state index contributed by atoms with van der Waals surface area (Å²) in [5.74, 6) is -3.33. The molecule has 0 fully saturated rings. The van der Waals surface area contributed by atoms with Gasteiger partial charge in [0.2, 0.25) is 23.6 Å². The number of nitrogens with two attached hydrogens (primary N) is 2. The summed E-state index contributed by atoms with van der Waals surface area (Å²) in [6, 6.07) is -4.05. The van der Waals surface area contributed by atoms with E-state index in [1.54, 1.807) is 6.92 Å². The Labute approximate surface area is 186 Å². The SMILES string of the molecule is CC[C@H](C)[C@H](NC(=O)[C@H](CCSC)NC(=O)[C@H](C)NC(=O)[C@@H](N)CCC(N)=O)C(=O)O. The molecule has 8 N–H and O–H groups in total. The fraction of sp³-hybridized carbons (Fsp3) is 0.737. The summed E-state index contributed by atoms with van der Waals surface area (Å²) in [6.07, 6.45) is 2.66. The zero-order valence-electron chi connectivity index (χ0n) is 18.5. The first-order valence-corrected chi connectivity index (χ1v) is 11.5. The Kier molecular flexibility index (Phi) is 13.5. The second kappa shape index (κ2) is 14.6. The number of nitrogens with one attached hydrogen (secondary N) is 3. The largest absolute Gasteiger partial charge is 0.480 e. The fourth-order valence-corrected chi connectivity index (χ4v) is 3.02. The van der Waals surface area contributed by atoms with Gasteiger partial charge < -0.3 is 32.5 Å². The second-order valence-electron chi connectivity index (χ2n) is 7.39. The number of primary amides is 1. The molecule has 0 heterocycles. The van der Waals surface area contributed by atoms with E-state index in [4.69, 9.17) is 11.5 Å². The number of rotatable bonds is 15. The number of carboxylic acids is 1. The van der Waals surface area contributed by atoms with Crippen molar-refractivity contribution in [2.75, 3.05) is 12.0 Å². The summed E-state index contributed by atoms with van der Waals surface area (Å²) in [7, 11) is 0. The molecule has 178 valence electrons. The summed E-state index contributed by atoms with van der Waals surface area (Å²) in [6.45, 7) is 4.96. The quantitative estimate of drug-likeness (QED) is 0.177. The maximum atomic E-state index is 12.7. The highest BCUT2D eigenvalue weighted by atomic mass is 32.2. The number of carbonyl (C=O) groups is 5. The van der Waals surface area contributed by atoms with E-state index < -0.39 is 53.8 Å². The molecule has 5 atom stereocenters. The van der Waals surface area contributed by atoms with Crippen LogP contribution in [0.4, 0.5) is 0 Å². The molecule has 4 amide bonds. The topological polar surface area (TPSA) is 194 Å². The van der Waals surface area contributed by atoms with Gasteiger partial charge in [0.1, 0.15) is 18.1 Å². The smallest absolute Gasteiger partial charge is 0.326 e. The Hall–Kier alpha value is -2.34. The number of aliphatic carboxylic acids is 1. The Morgan fingerprint density at radius 2 is 1.58 bits per heavy atom. The third-order valence-electron chi connectivity index (χ3n) is 4.81. The van der Waals surface area contributed by atoms with E-state index in [-0.39, 0.29) is 25.2 Å². The number of hydrogen-bond donors (Lipinski definition) is 6. The first kappa shape index (κ1) is 28.7. The van der Waals surface area contributed by atoms with Crippen LogP contribution in [0.5, 0.6) is 0 Å². The van der Waals surface area contributed by atoms with Gasteiger partial charge in [-0.05, 0) is 37.7 Å². The van der Waals surface area contributed by atoms with Crippen LogP contribution >= 0.6 is 11.8 Å². The highest BCUT2D eigenvalue weighted by molar-refractivity contribution is 7.98. The van der Waals surface area contributed by atoms with Gasteiger partial charge in [0.05, 0.1) is 6.04 Å². The summed E-state index contributed by atoms with van der Waals surface area (Å²) in [5, 5.41) is 16.9. The number of carbonyl (C=O) groups excluding carboxylic acids is 4. The molecular formula is C19H35N5O6S. The van der Waals surface area contributed by atoms with Gasteiger partial charge in [-0.15, -0.1) is 0 Å². The third kappa shape index (κ3) is 11.0. The second-order valence-corrected chi connectivity index (χ2v) is 8.38. The molecule has 11 nitrogen and oxygen atoms in total. The monoisotopic (exact) mass is 461 g/mol. The lowest BCUT2D eigenvalue weighted by atomic mass is 9.98. The molecule has 0 aliphatic heterocycles. The average Bonchev–Trinajstić information content (AvgIpc) is 2.71. The van der Waals surface area contributed by atoms with Crippen molar-refractivity contribution in [1.82, 2.24) is 16.0 Å². The van der Waals surface area contributed by atoms with Crippen molar-refractivity contribution >= 4 is 41.4 Å². The number of carboxylic acid groups (broad SMARTS) is 1. The van der Waals surface area contributed by atoms with E-state index in [9.17, 15) is 29.1 Å². The minimum Gasteiger partial charge on any atom is -0.480 e. The Morgan fingerprint density at radius 1 is 0.968 bits per heavy atom. The van der Waals surface area contributed by atoms with Gasteiger partial charge in [-0.1, -0.05) is 20.3 Å². The van der Waals surface area contributed by atoms with E-state index in [2.05, 4.69) is 16.0 Å². The standard InChI is InChI=1S/C19H35N5O6S/c1-5-10(2)15(19(29)30)24-18(28)13(8-9-31-4)23-16(26)11(3)22-17(27)12(20)6-7-14(21)25/h10-13,15H,5-9,20H2,1-4H3,(H2,21,25)(H,22,27)(H,23,26)(H,24,28)(H,29,30)/t10-,11-,12-,13-,15-/m0/s1. The van der Waals surface area contributed by atoms with Crippen LogP contribution < -0.4 is 27.4 Å². The molecular weight excluding hydrogens is 426 g/mol. The predicted octanol–water partition coefficient (Wildman–Crippen LogP) is -1.06. The maximum Gasteiger partial charge on any atom is 0.326 e. The lowest BCUT2D eigenvalue weighted by molar-refractivity contribution is -0.143. The molecule has 0 saturated heterocycles. The first-order chi connectivity index (χ1) is 14.4. The van der Waals surface area contributed by atoms with Crippen LogP contribution in [0.1, 0.15) is 46.5 Å². The molecule has 0 saturated carbocycles. The van der Waals surface area contributed by atoms with Crippen LogP contribution in [0, 0.1) is 5.92 Å². The van der Waals surface area contributed by atoms with Crippen molar-refractivity contribution in [1.29, 1.82) is 0 Å². The van der Waals surface area contributed by atoms with Crippen molar-refractivity contribution < 1.29 is 29.1 Å². The number of thioether (sulfide) groups is 1. The van der Waals surface area contributed by atoms with E-state index in [0.29, 0.717) is 12.2 Å². The molecule has 0 aromatic heterocycles. The zero-order valence-corrected chi connectivity index (χ0v) is 19.3. The molecule has 0 radical (unpaired) electrons. The van der Waals surface area contributed by atoms with Crippen molar-refractivity contribution in [2.45, 2.75) is 70.6 Å². The Morgan fingerprint density at radius 3 is 2.06 bits per heavy atom. The van der Waals surface area contributed by atoms with E-state index in [1.807, 2.05) is 13.2 Å². The molecule has 0 aliphatic carbocycles.